The summed E-state index contributed by atoms with van der Waals surface area (Å²) < 4.78 is 55.1. The smallest absolute Gasteiger partial charge is 0.387 e. The molecule has 118 valence electrons. The molecule has 4 nitrogen and oxygen atoms in total. The second kappa shape index (κ2) is 6.68. The average Bonchev–Trinajstić information content (AvgIpc) is 2.41. The van der Waals surface area contributed by atoms with Gasteiger partial charge in [-0.25, -0.2) is 8.42 Å². The van der Waals surface area contributed by atoms with Crippen molar-refractivity contribution in [2.75, 3.05) is 4.72 Å². The summed E-state index contributed by atoms with van der Waals surface area (Å²) in [5.41, 5.74) is 0.0894. The van der Waals surface area contributed by atoms with Gasteiger partial charge in [0.2, 0.25) is 0 Å². The van der Waals surface area contributed by atoms with Crippen molar-refractivity contribution >= 4 is 38.9 Å². The zero-order chi connectivity index (χ0) is 16.3. The molecule has 0 aliphatic heterocycles. The highest BCUT2D eigenvalue weighted by molar-refractivity contribution is 7.92. The molecule has 2 aromatic carbocycles. The third-order valence-corrected chi connectivity index (χ3v) is 4.70. The maximum Gasteiger partial charge on any atom is 0.387 e. The quantitative estimate of drug-likeness (QED) is 0.852. The summed E-state index contributed by atoms with van der Waals surface area (Å²) >= 11 is 11.6. The molecule has 0 aliphatic rings. The van der Waals surface area contributed by atoms with Gasteiger partial charge in [0.05, 0.1) is 15.7 Å². The van der Waals surface area contributed by atoms with E-state index in [0.29, 0.717) is 0 Å². The highest BCUT2D eigenvalue weighted by Crippen LogP contribution is 2.30. The van der Waals surface area contributed by atoms with Crippen molar-refractivity contribution in [1.29, 1.82) is 0 Å². The Morgan fingerprint density at radius 3 is 2.32 bits per heavy atom. The highest BCUT2D eigenvalue weighted by atomic mass is 35.5. The molecule has 0 unspecified atom stereocenters. The van der Waals surface area contributed by atoms with E-state index in [1.165, 1.54) is 24.3 Å². The molecule has 1 N–H and O–H groups in total. The van der Waals surface area contributed by atoms with Crippen LogP contribution in [-0.4, -0.2) is 15.0 Å². The molecule has 0 saturated carbocycles. The maximum absolute atomic E-state index is 12.2. The fourth-order valence-corrected chi connectivity index (χ4v) is 3.42. The van der Waals surface area contributed by atoms with Crippen LogP contribution in [0.2, 0.25) is 10.0 Å². The van der Waals surface area contributed by atoms with Crippen molar-refractivity contribution < 1.29 is 21.9 Å². The van der Waals surface area contributed by atoms with Gasteiger partial charge in [-0.2, -0.15) is 8.78 Å². The van der Waals surface area contributed by atoms with Crippen LogP contribution < -0.4 is 9.46 Å². The van der Waals surface area contributed by atoms with Gasteiger partial charge in [-0.1, -0.05) is 35.3 Å². The number of hydrogen-bond acceptors (Lipinski definition) is 3. The van der Waals surface area contributed by atoms with E-state index < -0.39 is 16.6 Å². The predicted molar refractivity (Wildman–Crippen MR) is 80.3 cm³/mol. The summed E-state index contributed by atoms with van der Waals surface area (Å²) in [7, 11) is -3.93. The molecule has 0 radical (unpaired) electrons. The van der Waals surface area contributed by atoms with Crippen LogP contribution in [0.15, 0.2) is 47.4 Å². The zero-order valence-corrected chi connectivity index (χ0v) is 13.1. The van der Waals surface area contributed by atoms with E-state index in [1.807, 2.05) is 0 Å². The summed E-state index contributed by atoms with van der Waals surface area (Å²) in [4.78, 5) is -0.110. The third-order valence-electron chi connectivity index (χ3n) is 2.53. The predicted octanol–water partition coefficient (Wildman–Crippen LogP) is 4.40. The molecule has 0 atom stereocenters. The van der Waals surface area contributed by atoms with Gasteiger partial charge >= 0.3 is 6.61 Å². The van der Waals surface area contributed by atoms with Crippen molar-refractivity contribution in [2.24, 2.45) is 0 Å². The molecule has 0 heterocycles. The fourth-order valence-electron chi connectivity index (χ4n) is 1.63. The van der Waals surface area contributed by atoms with E-state index in [0.717, 1.165) is 12.1 Å². The lowest BCUT2D eigenvalue weighted by Crippen LogP contribution is -2.13. The Morgan fingerprint density at radius 2 is 1.73 bits per heavy atom. The van der Waals surface area contributed by atoms with E-state index >= 15 is 0 Å². The monoisotopic (exact) mass is 367 g/mol. The van der Waals surface area contributed by atoms with Gasteiger partial charge in [0.1, 0.15) is 10.6 Å². The zero-order valence-electron chi connectivity index (χ0n) is 10.8. The topological polar surface area (TPSA) is 55.4 Å². The fraction of sp³-hybridized carbons (Fsp3) is 0.0769. The number of hydrogen-bond donors (Lipinski definition) is 1. The molecule has 0 spiro atoms. The Balaban J connectivity index is 2.27. The minimum Gasteiger partial charge on any atom is -0.433 e. The third kappa shape index (κ3) is 4.00. The summed E-state index contributed by atoms with van der Waals surface area (Å²) in [5, 5.41) is -0.0987. The second-order valence-electron chi connectivity index (χ2n) is 4.06. The van der Waals surface area contributed by atoms with Crippen molar-refractivity contribution in [3.8, 4) is 5.75 Å². The van der Waals surface area contributed by atoms with Gasteiger partial charge in [0.25, 0.3) is 10.0 Å². The summed E-state index contributed by atoms with van der Waals surface area (Å²) in [6, 6.07) is 9.43. The number of anilines is 1. The minimum atomic E-state index is -3.93. The van der Waals surface area contributed by atoms with Crippen LogP contribution in [0.1, 0.15) is 0 Å². The second-order valence-corrected chi connectivity index (χ2v) is 6.52. The number of rotatable bonds is 5. The number of sulfonamides is 1. The first-order chi connectivity index (χ1) is 10.3. The Bertz CT molecular complexity index is 785. The molecule has 0 bridgehead atoms. The van der Waals surface area contributed by atoms with Crippen LogP contribution in [0.5, 0.6) is 5.75 Å². The first-order valence-electron chi connectivity index (χ1n) is 5.81. The van der Waals surface area contributed by atoms with Crippen molar-refractivity contribution in [1.82, 2.24) is 0 Å². The number of halogens is 4. The van der Waals surface area contributed by atoms with E-state index in [2.05, 4.69) is 9.46 Å². The average molecular weight is 368 g/mol. The highest BCUT2D eigenvalue weighted by Gasteiger charge is 2.18. The maximum atomic E-state index is 12.2. The van der Waals surface area contributed by atoms with Crippen LogP contribution in [0.3, 0.4) is 0 Å². The lowest BCUT2D eigenvalue weighted by Gasteiger charge is -2.11. The Hall–Kier alpha value is -1.57. The van der Waals surface area contributed by atoms with Gasteiger partial charge in [-0.3, -0.25) is 4.72 Å². The molecular weight excluding hydrogens is 359 g/mol. The molecule has 0 amide bonds. The Kier molecular flexibility index (Phi) is 5.10. The minimum absolute atomic E-state index is 0.0544. The molecule has 2 aromatic rings. The standard InChI is InChI=1S/C13H9Cl2F2NO3S/c14-9-3-1-2-4-12(9)22(19,20)18-8-5-6-11(10(15)7-8)21-13(16)17/h1-7,13,18H. The first kappa shape index (κ1) is 16.8. The van der Waals surface area contributed by atoms with Gasteiger partial charge in [0, 0.05) is 0 Å². The van der Waals surface area contributed by atoms with Crippen molar-refractivity contribution in [2.45, 2.75) is 11.5 Å². The van der Waals surface area contributed by atoms with E-state index in [4.69, 9.17) is 23.2 Å². The number of nitrogens with one attached hydrogen (secondary N) is 1. The SMILES string of the molecule is O=S(=O)(Nc1ccc(OC(F)F)c(Cl)c1)c1ccccc1Cl. The Labute approximate surface area is 135 Å². The molecular formula is C13H9Cl2F2NO3S. The van der Waals surface area contributed by atoms with Crippen LogP contribution in [0.25, 0.3) is 0 Å². The molecule has 9 heteroatoms. The van der Waals surface area contributed by atoms with Gasteiger partial charge in [0.15, 0.2) is 0 Å². The molecule has 22 heavy (non-hydrogen) atoms. The molecule has 2 rings (SSSR count). The number of benzene rings is 2. The van der Waals surface area contributed by atoms with Gasteiger partial charge in [-0.15, -0.1) is 0 Å². The largest absolute Gasteiger partial charge is 0.433 e. The number of ether oxygens (including phenoxy) is 1. The first-order valence-corrected chi connectivity index (χ1v) is 8.05. The van der Waals surface area contributed by atoms with Crippen LogP contribution in [0.4, 0.5) is 14.5 Å². The number of alkyl halides is 2. The van der Waals surface area contributed by atoms with E-state index in [-0.39, 0.29) is 26.4 Å². The van der Waals surface area contributed by atoms with Crippen molar-refractivity contribution in [3.63, 3.8) is 0 Å². The van der Waals surface area contributed by atoms with Crippen LogP contribution in [-0.2, 0) is 10.0 Å². The molecule has 0 fully saturated rings. The van der Waals surface area contributed by atoms with E-state index in [9.17, 15) is 17.2 Å². The normalized spacial score (nSPS) is 11.5. The van der Waals surface area contributed by atoms with Gasteiger partial charge in [-0.05, 0) is 30.3 Å². The molecule has 0 aliphatic carbocycles. The Morgan fingerprint density at radius 1 is 1.05 bits per heavy atom. The summed E-state index contributed by atoms with van der Waals surface area (Å²) in [5.74, 6) is -0.252. The van der Waals surface area contributed by atoms with Crippen molar-refractivity contribution in [3.05, 3.63) is 52.5 Å². The lowest BCUT2D eigenvalue weighted by molar-refractivity contribution is -0.0497. The molecule has 0 aromatic heterocycles. The van der Waals surface area contributed by atoms with Crippen LogP contribution >= 0.6 is 23.2 Å². The van der Waals surface area contributed by atoms with Gasteiger partial charge < -0.3 is 4.74 Å². The van der Waals surface area contributed by atoms with E-state index in [1.54, 1.807) is 6.07 Å². The molecule has 0 saturated heterocycles. The summed E-state index contributed by atoms with van der Waals surface area (Å²) in [6.45, 7) is -3.02. The summed E-state index contributed by atoms with van der Waals surface area (Å²) in [6.07, 6.45) is 0. The van der Waals surface area contributed by atoms with Crippen LogP contribution in [0, 0.1) is 0 Å². The lowest BCUT2D eigenvalue weighted by atomic mass is 10.3.